The zero-order valence-corrected chi connectivity index (χ0v) is 15.8. The SMILES string of the molecule is Cc1ccc(S(=O)(=O)OC2COC3C(OCc4ccccc4)COC23)cc1. The van der Waals surface area contributed by atoms with Gasteiger partial charge in [0.25, 0.3) is 10.1 Å². The van der Waals surface area contributed by atoms with Gasteiger partial charge in [0.15, 0.2) is 0 Å². The van der Waals surface area contributed by atoms with E-state index in [1.807, 2.05) is 37.3 Å². The molecule has 0 amide bonds. The molecule has 6 nitrogen and oxygen atoms in total. The number of aryl methyl sites for hydroxylation is 1. The van der Waals surface area contributed by atoms with E-state index in [1.165, 1.54) is 0 Å². The molecule has 27 heavy (non-hydrogen) atoms. The summed E-state index contributed by atoms with van der Waals surface area (Å²) in [5.41, 5.74) is 2.05. The van der Waals surface area contributed by atoms with Crippen molar-refractivity contribution in [3.05, 3.63) is 65.7 Å². The van der Waals surface area contributed by atoms with Crippen molar-refractivity contribution in [1.29, 1.82) is 0 Å². The maximum atomic E-state index is 12.5. The van der Waals surface area contributed by atoms with Gasteiger partial charge in [0.05, 0.1) is 24.7 Å². The molecule has 4 rings (SSSR count). The Kier molecular flexibility index (Phi) is 5.29. The van der Waals surface area contributed by atoms with Crippen molar-refractivity contribution in [3.8, 4) is 0 Å². The molecule has 0 spiro atoms. The Hall–Kier alpha value is -1.77. The summed E-state index contributed by atoms with van der Waals surface area (Å²) < 4.78 is 47.9. The molecule has 0 N–H and O–H groups in total. The highest BCUT2D eigenvalue weighted by atomic mass is 32.2. The van der Waals surface area contributed by atoms with Crippen LogP contribution < -0.4 is 0 Å². The Morgan fingerprint density at radius 1 is 0.926 bits per heavy atom. The van der Waals surface area contributed by atoms with E-state index in [9.17, 15) is 8.42 Å². The van der Waals surface area contributed by atoms with Gasteiger partial charge < -0.3 is 14.2 Å². The summed E-state index contributed by atoms with van der Waals surface area (Å²) in [4.78, 5) is 0.131. The molecule has 2 aliphatic rings. The molecule has 4 unspecified atom stereocenters. The second kappa shape index (κ2) is 7.69. The second-order valence-corrected chi connectivity index (χ2v) is 8.40. The van der Waals surface area contributed by atoms with Crippen molar-refractivity contribution in [2.45, 2.75) is 42.8 Å². The smallest absolute Gasteiger partial charge is 0.297 e. The van der Waals surface area contributed by atoms with Crippen LogP contribution in [0, 0.1) is 6.92 Å². The molecule has 2 aromatic rings. The molecular formula is C20H22O6S. The normalized spacial score (nSPS) is 27.6. The molecule has 144 valence electrons. The fourth-order valence-electron chi connectivity index (χ4n) is 3.36. The predicted octanol–water partition coefficient (Wildman–Crippen LogP) is 2.45. The van der Waals surface area contributed by atoms with Crippen LogP contribution in [0.1, 0.15) is 11.1 Å². The van der Waals surface area contributed by atoms with Crippen LogP contribution in [0.15, 0.2) is 59.5 Å². The summed E-state index contributed by atoms with van der Waals surface area (Å²) in [5, 5.41) is 0. The summed E-state index contributed by atoms with van der Waals surface area (Å²) in [6.07, 6.45) is -1.70. The zero-order valence-electron chi connectivity index (χ0n) is 15.0. The van der Waals surface area contributed by atoms with Crippen LogP contribution in [-0.4, -0.2) is 46.0 Å². The first-order chi connectivity index (χ1) is 13.0. The van der Waals surface area contributed by atoms with Gasteiger partial charge in [-0.1, -0.05) is 48.0 Å². The minimum absolute atomic E-state index is 0.131. The Balaban J connectivity index is 1.38. The quantitative estimate of drug-likeness (QED) is 0.706. The Bertz CT molecular complexity index is 865. The lowest BCUT2D eigenvalue weighted by Gasteiger charge is -2.17. The largest absolute Gasteiger partial charge is 0.370 e. The topological polar surface area (TPSA) is 71.1 Å². The molecule has 0 radical (unpaired) electrons. The molecule has 2 aromatic carbocycles. The van der Waals surface area contributed by atoms with E-state index in [2.05, 4.69) is 0 Å². The van der Waals surface area contributed by atoms with E-state index in [0.29, 0.717) is 13.2 Å². The van der Waals surface area contributed by atoms with Gasteiger partial charge in [0, 0.05) is 0 Å². The average molecular weight is 390 g/mol. The van der Waals surface area contributed by atoms with Gasteiger partial charge in [-0.2, -0.15) is 8.42 Å². The molecule has 2 heterocycles. The minimum Gasteiger partial charge on any atom is -0.370 e. The fraction of sp³-hybridized carbons (Fsp3) is 0.400. The fourth-order valence-corrected chi connectivity index (χ4v) is 4.43. The molecule has 4 atom stereocenters. The highest BCUT2D eigenvalue weighted by Gasteiger charge is 2.50. The molecule has 0 bridgehead atoms. The van der Waals surface area contributed by atoms with Crippen LogP contribution in [0.5, 0.6) is 0 Å². The van der Waals surface area contributed by atoms with Crippen molar-refractivity contribution in [1.82, 2.24) is 0 Å². The van der Waals surface area contributed by atoms with E-state index in [-0.39, 0.29) is 23.7 Å². The van der Waals surface area contributed by atoms with Gasteiger partial charge in [-0.15, -0.1) is 0 Å². The summed E-state index contributed by atoms with van der Waals surface area (Å²) in [5.74, 6) is 0. The second-order valence-electron chi connectivity index (χ2n) is 6.83. The zero-order chi connectivity index (χ0) is 18.9. The van der Waals surface area contributed by atoms with Gasteiger partial charge in [-0.3, -0.25) is 4.18 Å². The van der Waals surface area contributed by atoms with Crippen LogP contribution in [-0.2, 0) is 35.1 Å². The van der Waals surface area contributed by atoms with Gasteiger partial charge in [-0.25, -0.2) is 0 Å². The van der Waals surface area contributed by atoms with Crippen molar-refractivity contribution in [2.75, 3.05) is 13.2 Å². The summed E-state index contributed by atoms with van der Waals surface area (Å²) >= 11 is 0. The molecule has 0 aliphatic carbocycles. The van der Waals surface area contributed by atoms with Gasteiger partial charge >= 0.3 is 0 Å². The molecule has 2 saturated heterocycles. The van der Waals surface area contributed by atoms with E-state index in [4.69, 9.17) is 18.4 Å². The van der Waals surface area contributed by atoms with E-state index < -0.39 is 22.3 Å². The van der Waals surface area contributed by atoms with Gasteiger partial charge in [-0.05, 0) is 24.6 Å². The van der Waals surface area contributed by atoms with E-state index in [0.717, 1.165) is 11.1 Å². The average Bonchev–Trinajstić information content (AvgIpc) is 3.24. The Labute approximate surface area is 159 Å². The van der Waals surface area contributed by atoms with Crippen molar-refractivity contribution in [3.63, 3.8) is 0 Å². The van der Waals surface area contributed by atoms with Crippen LogP contribution in [0.25, 0.3) is 0 Å². The Morgan fingerprint density at radius 3 is 2.26 bits per heavy atom. The highest BCUT2D eigenvalue weighted by Crippen LogP contribution is 2.32. The third-order valence-corrected chi connectivity index (χ3v) is 6.18. The standard InChI is InChI=1S/C20H22O6S/c1-14-7-9-16(10-8-14)27(21,22)26-18-13-25-19-17(12-24-20(18)19)23-11-15-5-3-2-4-6-15/h2-10,17-20H,11-13H2,1H3. The first kappa shape index (κ1) is 18.6. The third-order valence-electron chi connectivity index (χ3n) is 4.83. The number of fused-ring (bicyclic) bond motifs is 1. The number of rotatable bonds is 6. The highest BCUT2D eigenvalue weighted by molar-refractivity contribution is 7.86. The van der Waals surface area contributed by atoms with Crippen molar-refractivity contribution in [2.24, 2.45) is 0 Å². The number of hydrogen-bond donors (Lipinski definition) is 0. The van der Waals surface area contributed by atoms with Crippen molar-refractivity contribution >= 4 is 10.1 Å². The number of hydrogen-bond acceptors (Lipinski definition) is 6. The molecule has 2 aliphatic heterocycles. The van der Waals surface area contributed by atoms with Crippen LogP contribution in [0.4, 0.5) is 0 Å². The first-order valence-corrected chi connectivity index (χ1v) is 10.3. The summed E-state index contributed by atoms with van der Waals surface area (Å²) in [7, 11) is -3.87. The maximum Gasteiger partial charge on any atom is 0.297 e. The van der Waals surface area contributed by atoms with Crippen LogP contribution in [0.3, 0.4) is 0 Å². The number of ether oxygens (including phenoxy) is 3. The molecule has 0 saturated carbocycles. The Morgan fingerprint density at radius 2 is 1.56 bits per heavy atom. The lowest BCUT2D eigenvalue weighted by Crippen LogP contribution is -2.35. The number of benzene rings is 2. The molecule has 2 fully saturated rings. The molecule has 0 aromatic heterocycles. The third kappa shape index (κ3) is 4.07. The van der Waals surface area contributed by atoms with Crippen molar-refractivity contribution < 1.29 is 26.8 Å². The lowest BCUT2D eigenvalue weighted by atomic mass is 10.1. The summed E-state index contributed by atoms with van der Waals surface area (Å²) in [6, 6.07) is 16.4. The van der Waals surface area contributed by atoms with Crippen LogP contribution in [0.2, 0.25) is 0 Å². The molecule has 7 heteroatoms. The van der Waals surface area contributed by atoms with E-state index in [1.54, 1.807) is 24.3 Å². The monoisotopic (exact) mass is 390 g/mol. The predicted molar refractivity (Wildman–Crippen MR) is 97.7 cm³/mol. The maximum absolute atomic E-state index is 12.5. The van der Waals surface area contributed by atoms with Gasteiger partial charge in [0.1, 0.15) is 24.4 Å². The van der Waals surface area contributed by atoms with Crippen LogP contribution >= 0.6 is 0 Å². The molecular weight excluding hydrogens is 368 g/mol. The lowest BCUT2D eigenvalue weighted by molar-refractivity contribution is -0.0423. The van der Waals surface area contributed by atoms with Gasteiger partial charge in [0.2, 0.25) is 0 Å². The van der Waals surface area contributed by atoms with E-state index >= 15 is 0 Å². The summed E-state index contributed by atoms with van der Waals surface area (Å²) in [6.45, 7) is 2.86. The first-order valence-electron chi connectivity index (χ1n) is 8.92. The minimum atomic E-state index is -3.87.